The second kappa shape index (κ2) is 6.31. The molecular weight excluding hydrogens is 347 g/mol. The molecular formula is C14H19BrCl2N2. The lowest BCUT2D eigenvalue weighted by Crippen LogP contribution is -2.29. The van der Waals surface area contributed by atoms with E-state index in [0.717, 1.165) is 16.0 Å². The molecule has 2 nitrogen and oxygen atoms in total. The van der Waals surface area contributed by atoms with Crippen LogP contribution in [-0.4, -0.2) is 31.1 Å². The Labute approximate surface area is 134 Å². The van der Waals surface area contributed by atoms with Crippen molar-refractivity contribution in [1.29, 1.82) is 0 Å². The second-order valence-corrected chi connectivity index (χ2v) is 6.91. The molecule has 0 radical (unpaired) electrons. The average Bonchev–Trinajstić information content (AvgIpc) is 2.94. The third-order valence-electron chi connectivity index (χ3n) is 4.26. The summed E-state index contributed by atoms with van der Waals surface area (Å²) >= 11 is 9.59. The number of rotatable bonds is 2. The Bertz CT molecular complexity index is 447. The summed E-state index contributed by atoms with van der Waals surface area (Å²) in [6.07, 6.45) is 2.68. The maximum absolute atomic E-state index is 5.98. The van der Waals surface area contributed by atoms with Gasteiger partial charge in [0, 0.05) is 29.1 Å². The molecule has 0 aromatic heterocycles. The summed E-state index contributed by atoms with van der Waals surface area (Å²) in [5.41, 5.74) is 1.89. The van der Waals surface area contributed by atoms with Crippen LogP contribution in [0.25, 0.3) is 0 Å². The van der Waals surface area contributed by atoms with Gasteiger partial charge in [-0.1, -0.05) is 33.6 Å². The van der Waals surface area contributed by atoms with Crippen molar-refractivity contribution >= 4 is 39.9 Å². The quantitative estimate of drug-likeness (QED) is 0.859. The Hall–Kier alpha value is 0.200. The Balaban J connectivity index is 0.00000133. The van der Waals surface area contributed by atoms with Gasteiger partial charge in [0.1, 0.15) is 0 Å². The van der Waals surface area contributed by atoms with Gasteiger partial charge in [0.05, 0.1) is 0 Å². The molecule has 1 N–H and O–H groups in total. The molecule has 1 aromatic carbocycles. The van der Waals surface area contributed by atoms with Gasteiger partial charge in [0.2, 0.25) is 0 Å². The predicted molar refractivity (Wildman–Crippen MR) is 86.2 cm³/mol. The molecule has 1 atom stereocenters. The molecule has 2 aliphatic rings. The molecule has 1 aromatic rings. The van der Waals surface area contributed by atoms with Gasteiger partial charge in [-0.2, -0.15) is 0 Å². The van der Waals surface area contributed by atoms with E-state index in [4.69, 9.17) is 11.6 Å². The average molecular weight is 366 g/mol. The lowest BCUT2D eigenvalue weighted by molar-refractivity contribution is 0.268. The van der Waals surface area contributed by atoms with Crippen molar-refractivity contribution in [2.75, 3.05) is 26.2 Å². The van der Waals surface area contributed by atoms with Crippen LogP contribution in [0.2, 0.25) is 5.02 Å². The Kier molecular flexibility index (Phi) is 5.18. The summed E-state index contributed by atoms with van der Waals surface area (Å²) in [4.78, 5) is 2.57. The van der Waals surface area contributed by atoms with E-state index in [1.165, 1.54) is 44.6 Å². The van der Waals surface area contributed by atoms with Gasteiger partial charge >= 0.3 is 0 Å². The first-order chi connectivity index (χ1) is 8.67. The SMILES string of the molecule is Cl.Clc1ccc(CN2CCC3(CCNC3)C2)c(Br)c1. The molecule has 0 saturated carbocycles. The fraction of sp³-hybridized carbons (Fsp3) is 0.571. The number of hydrogen-bond acceptors (Lipinski definition) is 2. The standard InChI is InChI=1S/C14H18BrClN2.ClH/c15-13-7-12(16)2-1-11(13)8-18-6-4-14(10-18)3-5-17-9-14;/h1-2,7,17H,3-6,8-10H2;1H. The lowest BCUT2D eigenvalue weighted by Gasteiger charge is -2.23. The highest BCUT2D eigenvalue weighted by molar-refractivity contribution is 9.10. The zero-order chi connectivity index (χ0) is 12.6. The monoisotopic (exact) mass is 364 g/mol. The minimum Gasteiger partial charge on any atom is -0.316 e. The van der Waals surface area contributed by atoms with E-state index in [2.05, 4.69) is 32.2 Å². The smallest absolute Gasteiger partial charge is 0.0417 e. The zero-order valence-corrected chi connectivity index (χ0v) is 14.0. The molecule has 2 heterocycles. The summed E-state index contributed by atoms with van der Waals surface area (Å²) in [6, 6.07) is 6.09. The minimum atomic E-state index is 0. The van der Waals surface area contributed by atoms with Crippen LogP contribution >= 0.6 is 39.9 Å². The molecule has 0 aliphatic carbocycles. The van der Waals surface area contributed by atoms with Gasteiger partial charge in [0.15, 0.2) is 0 Å². The fourth-order valence-corrected chi connectivity index (χ4v) is 4.01. The van der Waals surface area contributed by atoms with Crippen molar-refractivity contribution in [1.82, 2.24) is 10.2 Å². The Morgan fingerprint density at radius 1 is 1.37 bits per heavy atom. The Morgan fingerprint density at radius 3 is 2.89 bits per heavy atom. The molecule has 19 heavy (non-hydrogen) atoms. The number of nitrogens with one attached hydrogen (secondary N) is 1. The van der Waals surface area contributed by atoms with Gasteiger partial charge in [-0.25, -0.2) is 0 Å². The molecule has 2 fully saturated rings. The maximum atomic E-state index is 5.98. The van der Waals surface area contributed by atoms with Gasteiger partial charge in [0.25, 0.3) is 0 Å². The van der Waals surface area contributed by atoms with Gasteiger partial charge in [-0.3, -0.25) is 4.90 Å². The highest BCUT2D eigenvalue weighted by Crippen LogP contribution is 2.37. The van der Waals surface area contributed by atoms with Gasteiger partial charge < -0.3 is 5.32 Å². The highest BCUT2D eigenvalue weighted by atomic mass is 79.9. The molecule has 0 amide bonds. The molecule has 106 valence electrons. The zero-order valence-electron chi connectivity index (χ0n) is 10.8. The van der Waals surface area contributed by atoms with Crippen LogP contribution in [0.4, 0.5) is 0 Å². The van der Waals surface area contributed by atoms with E-state index in [9.17, 15) is 0 Å². The third-order valence-corrected chi connectivity index (χ3v) is 5.23. The number of likely N-dealkylation sites (tertiary alicyclic amines) is 1. The van der Waals surface area contributed by atoms with Crippen LogP contribution in [-0.2, 0) is 6.54 Å². The molecule has 1 spiro atoms. The normalized spacial score (nSPS) is 26.8. The molecule has 2 saturated heterocycles. The first kappa shape index (κ1) is 15.6. The highest BCUT2D eigenvalue weighted by Gasteiger charge is 2.40. The summed E-state index contributed by atoms with van der Waals surface area (Å²) < 4.78 is 1.13. The van der Waals surface area contributed by atoms with Crippen LogP contribution in [0.15, 0.2) is 22.7 Å². The van der Waals surface area contributed by atoms with Crippen LogP contribution in [0.5, 0.6) is 0 Å². The number of benzene rings is 1. The largest absolute Gasteiger partial charge is 0.316 e. The van der Waals surface area contributed by atoms with Crippen LogP contribution in [0, 0.1) is 5.41 Å². The van der Waals surface area contributed by atoms with Crippen molar-refractivity contribution in [2.45, 2.75) is 19.4 Å². The van der Waals surface area contributed by atoms with Crippen molar-refractivity contribution in [3.63, 3.8) is 0 Å². The molecule has 2 aliphatic heterocycles. The lowest BCUT2D eigenvalue weighted by atomic mass is 9.87. The second-order valence-electron chi connectivity index (χ2n) is 5.62. The van der Waals surface area contributed by atoms with E-state index < -0.39 is 0 Å². The maximum Gasteiger partial charge on any atom is 0.0417 e. The van der Waals surface area contributed by atoms with E-state index in [-0.39, 0.29) is 12.4 Å². The van der Waals surface area contributed by atoms with Crippen LogP contribution in [0.1, 0.15) is 18.4 Å². The van der Waals surface area contributed by atoms with Crippen molar-refractivity contribution in [3.05, 3.63) is 33.3 Å². The molecule has 0 bridgehead atoms. The van der Waals surface area contributed by atoms with Crippen molar-refractivity contribution in [3.8, 4) is 0 Å². The topological polar surface area (TPSA) is 15.3 Å². The van der Waals surface area contributed by atoms with Crippen LogP contribution in [0.3, 0.4) is 0 Å². The summed E-state index contributed by atoms with van der Waals surface area (Å²) in [5.74, 6) is 0. The van der Waals surface area contributed by atoms with E-state index in [1.54, 1.807) is 0 Å². The first-order valence-electron chi connectivity index (χ1n) is 6.54. The predicted octanol–water partition coefficient (Wildman–Crippen LogP) is 3.71. The van der Waals surface area contributed by atoms with Gasteiger partial charge in [-0.05, 0) is 49.0 Å². The number of nitrogens with zero attached hydrogens (tertiary/aromatic N) is 1. The van der Waals surface area contributed by atoms with Crippen molar-refractivity contribution < 1.29 is 0 Å². The summed E-state index contributed by atoms with van der Waals surface area (Å²) in [6.45, 7) is 5.87. The number of halogens is 3. The molecule has 1 unspecified atom stereocenters. The third kappa shape index (κ3) is 3.45. The molecule has 5 heteroatoms. The number of hydrogen-bond donors (Lipinski definition) is 1. The van der Waals surface area contributed by atoms with E-state index in [1.807, 2.05) is 12.1 Å². The van der Waals surface area contributed by atoms with Gasteiger partial charge in [-0.15, -0.1) is 12.4 Å². The van der Waals surface area contributed by atoms with Crippen LogP contribution < -0.4 is 5.32 Å². The van der Waals surface area contributed by atoms with E-state index >= 15 is 0 Å². The van der Waals surface area contributed by atoms with Crippen molar-refractivity contribution in [2.24, 2.45) is 5.41 Å². The first-order valence-corrected chi connectivity index (χ1v) is 7.71. The fourth-order valence-electron chi connectivity index (χ4n) is 3.20. The van der Waals surface area contributed by atoms with E-state index in [0.29, 0.717) is 5.41 Å². The summed E-state index contributed by atoms with van der Waals surface area (Å²) in [7, 11) is 0. The minimum absolute atomic E-state index is 0. The summed E-state index contributed by atoms with van der Waals surface area (Å²) in [5, 5.41) is 4.30. The Morgan fingerprint density at radius 2 is 2.21 bits per heavy atom. The molecule has 3 rings (SSSR count).